The van der Waals surface area contributed by atoms with Crippen molar-refractivity contribution in [2.75, 3.05) is 6.26 Å². The summed E-state index contributed by atoms with van der Waals surface area (Å²) >= 11 is 6.91. The van der Waals surface area contributed by atoms with Crippen molar-refractivity contribution < 1.29 is 8.42 Å². The molecule has 0 amide bonds. The molecule has 84 valence electrons. The van der Waals surface area contributed by atoms with Gasteiger partial charge in [-0.25, -0.2) is 8.42 Å². The van der Waals surface area contributed by atoms with Crippen molar-refractivity contribution in [2.45, 2.75) is 4.90 Å². The van der Waals surface area contributed by atoms with E-state index in [4.69, 9.17) is 11.6 Å². The highest BCUT2D eigenvalue weighted by atomic mass is 35.5. The third kappa shape index (κ3) is 2.40. The van der Waals surface area contributed by atoms with E-state index >= 15 is 0 Å². The van der Waals surface area contributed by atoms with Gasteiger partial charge in [0, 0.05) is 11.8 Å². The summed E-state index contributed by atoms with van der Waals surface area (Å²) in [6.45, 7) is 0. The van der Waals surface area contributed by atoms with Crippen LogP contribution in [-0.2, 0) is 9.84 Å². The van der Waals surface area contributed by atoms with E-state index in [1.165, 1.54) is 17.6 Å². The van der Waals surface area contributed by atoms with E-state index in [1.54, 1.807) is 24.3 Å². The molecule has 1 aromatic carbocycles. The van der Waals surface area contributed by atoms with Crippen LogP contribution >= 0.6 is 22.9 Å². The van der Waals surface area contributed by atoms with Crippen LogP contribution in [0.3, 0.4) is 0 Å². The lowest BCUT2D eigenvalue weighted by Gasteiger charge is -1.98. The van der Waals surface area contributed by atoms with Crippen LogP contribution in [0.25, 0.3) is 10.6 Å². The minimum absolute atomic E-state index is 0.284. The monoisotopic (exact) mass is 274 g/mol. The molecule has 0 spiro atoms. The first-order chi connectivity index (χ1) is 7.47. The Kier molecular flexibility index (Phi) is 2.96. The maximum Gasteiger partial charge on any atom is 0.207 e. The number of aromatic nitrogens is 2. The van der Waals surface area contributed by atoms with Gasteiger partial charge >= 0.3 is 0 Å². The molecule has 0 aliphatic rings. The Labute approximate surface area is 102 Å². The Morgan fingerprint density at radius 3 is 2.25 bits per heavy atom. The number of benzene rings is 1. The molecule has 0 unspecified atom stereocenters. The summed E-state index contributed by atoms with van der Waals surface area (Å²) in [5.41, 5.74) is 0.803. The molecule has 1 aromatic heterocycles. The van der Waals surface area contributed by atoms with Crippen LogP contribution in [0.4, 0.5) is 0 Å². The largest absolute Gasteiger partial charge is 0.224 e. The van der Waals surface area contributed by atoms with Gasteiger partial charge in [-0.2, -0.15) is 0 Å². The van der Waals surface area contributed by atoms with Gasteiger partial charge in [-0.1, -0.05) is 23.5 Å². The van der Waals surface area contributed by atoms with Gasteiger partial charge in [-0.15, -0.1) is 10.2 Å². The van der Waals surface area contributed by atoms with Crippen molar-refractivity contribution in [1.29, 1.82) is 0 Å². The summed E-state index contributed by atoms with van der Waals surface area (Å²) in [4.78, 5) is 0.284. The van der Waals surface area contributed by atoms with Crippen molar-refractivity contribution >= 4 is 32.8 Å². The summed E-state index contributed by atoms with van der Waals surface area (Å²) in [7, 11) is -3.16. The minimum atomic E-state index is -3.16. The standard InChI is InChI=1S/C9H7ClN2O2S2/c1-16(13,14)7-4-2-6(3-5-7)8-11-12-9(10)15-8/h2-5H,1H3. The lowest BCUT2D eigenvalue weighted by Crippen LogP contribution is -1.96. The zero-order valence-electron chi connectivity index (χ0n) is 8.21. The first-order valence-corrected chi connectivity index (χ1v) is 7.35. The molecule has 0 radical (unpaired) electrons. The molecule has 0 N–H and O–H groups in total. The van der Waals surface area contributed by atoms with Gasteiger partial charge in [0.1, 0.15) is 5.01 Å². The molecule has 0 bridgehead atoms. The Balaban J connectivity index is 2.40. The molecule has 2 rings (SSSR count). The number of nitrogens with zero attached hydrogens (tertiary/aromatic N) is 2. The van der Waals surface area contributed by atoms with Gasteiger partial charge in [0.2, 0.25) is 4.47 Å². The molecule has 0 saturated heterocycles. The average Bonchev–Trinajstić information content (AvgIpc) is 2.64. The number of hydrogen-bond acceptors (Lipinski definition) is 5. The third-order valence-electron chi connectivity index (χ3n) is 1.93. The molecule has 4 nitrogen and oxygen atoms in total. The summed E-state index contributed by atoms with van der Waals surface area (Å²) in [5, 5.41) is 8.22. The summed E-state index contributed by atoms with van der Waals surface area (Å²) in [6, 6.07) is 6.46. The van der Waals surface area contributed by atoms with E-state index in [2.05, 4.69) is 10.2 Å². The summed E-state index contributed by atoms with van der Waals surface area (Å²) in [5.74, 6) is 0. The lowest BCUT2D eigenvalue weighted by molar-refractivity contribution is 0.602. The predicted octanol–water partition coefficient (Wildman–Crippen LogP) is 2.26. The molecule has 7 heteroatoms. The Hall–Kier alpha value is -0.980. The third-order valence-corrected chi connectivity index (χ3v) is 4.13. The van der Waals surface area contributed by atoms with Gasteiger partial charge < -0.3 is 0 Å². The van der Waals surface area contributed by atoms with Crippen LogP contribution in [0.1, 0.15) is 0 Å². The van der Waals surface area contributed by atoms with Gasteiger partial charge in [0.15, 0.2) is 9.84 Å². The van der Waals surface area contributed by atoms with Crippen LogP contribution in [0, 0.1) is 0 Å². The molecule has 16 heavy (non-hydrogen) atoms. The quantitative estimate of drug-likeness (QED) is 0.843. The first kappa shape index (κ1) is 11.5. The number of rotatable bonds is 2. The van der Waals surface area contributed by atoms with E-state index in [-0.39, 0.29) is 4.90 Å². The van der Waals surface area contributed by atoms with Crippen LogP contribution in [0.2, 0.25) is 4.47 Å². The van der Waals surface area contributed by atoms with Gasteiger partial charge in [-0.3, -0.25) is 0 Å². The van der Waals surface area contributed by atoms with E-state index in [0.717, 1.165) is 5.56 Å². The fourth-order valence-corrected chi connectivity index (χ4v) is 2.63. The second-order valence-corrected chi connectivity index (χ2v) is 6.73. The van der Waals surface area contributed by atoms with Crippen molar-refractivity contribution in [3.63, 3.8) is 0 Å². The van der Waals surface area contributed by atoms with Crippen molar-refractivity contribution in [3.05, 3.63) is 28.7 Å². The second kappa shape index (κ2) is 4.12. The topological polar surface area (TPSA) is 59.9 Å². The molecular formula is C9H7ClN2O2S2. The van der Waals surface area contributed by atoms with Gasteiger partial charge in [0.25, 0.3) is 0 Å². The molecular weight excluding hydrogens is 268 g/mol. The molecule has 0 aliphatic carbocycles. The fourth-order valence-electron chi connectivity index (χ4n) is 1.17. The molecule has 2 aromatic rings. The number of hydrogen-bond donors (Lipinski definition) is 0. The average molecular weight is 275 g/mol. The highest BCUT2D eigenvalue weighted by molar-refractivity contribution is 7.90. The highest BCUT2D eigenvalue weighted by Crippen LogP contribution is 2.26. The van der Waals surface area contributed by atoms with Crippen molar-refractivity contribution in [2.24, 2.45) is 0 Å². The summed E-state index contributed by atoms with van der Waals surface area (Å²) < 4.78 is 22.8. The number of halogens is 1. The SMILES string of the molecule is CS(=O)(=O)c1ccc(-c2nnc(Cl)s2)cc1. The Morgan fingerprint density at radius 1 is 1.19 bits per heavy atom. The van der Waals surface area contributed by atoms with Gasteiger partial charge in [-0.05, 0) is 23.7 Å². The molecule has 0 fully saturated rings. The van der Waals surface area contributed by atoms with E-state index in [1.807, 2.05) is 0 Å². The number of sulfone groups is 1. The second-order valence-electron chi connectivity index (χ2n) is 3.16. The van der Waals surface area contributed by atoms with Gasteiger partial charge in [0.05, 0.1) is 4.90 Å². The normalized spacial score (nSPS) is 11.6. The van der Waals surface area contributed by atoms with Crippen LogP contribution in [0.5, 0.6) is 0 Å². The van der Waals surface area contributed by atoms with E-state index in [9.17, 15) is 8.42 Å². The predicted molar refractivity (Wildman–Crippen MR) is 63.5 cm³/mol. The maximum absolute atomic E-state index is 11.2. The smallest absolute Gasteiger partial charge is 0.207 e. The molecule has 0 atom stereocenters. The molecule has 1 heterocycles. The van der Waals surface area contributed by atoms with Crippen molar-refractivity contribution in [3.8, 4) is 10.6 Å². The van der Waals surface area contributed by atoms with Crippen LogP contribution in [0.15, 0.2) is 29.2 Å². The van der Waals surface area contributed by atoms with E-state index < -0.39 is 9.84 Å². The molecule has 0 saturated carbocycles. The Bertz CT molecular complexity index is 605. The first-order valence-electron chi connectivity index (χ1n) is 4.26. The zero-order valence-corrected chi connectivity index (χ0v) is 10.6. The lowest BCUT2D eigenvalue weighted by atomic mass is 10.2. The van der Waals surface area contributed by atoms with Crippen LogP contribution in [-0.4, -0.2) is 24.9 Å². The fraction of sp³-hybridized carbons (Fsp3) is 0.111. The summed E-state index contributed by atoms with van der Waals surface area (Å²) in [6.07, 6.45) is 1.17. The van der Waals surface area contributed by atoms with E-state index in [0.29, 0.717) is 9.47 Å². The highest BCUT2D eigenvalue weighted by Gasteiger charge is 2.09. The molecule has 0 aliphatic heterocycles. The van der Waals surface area contributed by atoms with Crippen LogP contribution < -0.4 is 0 Å². The zero-order chi connectivity index (χ0) is 11.8. The van der Waals surface area contributed by atoms with Crippen molar-refractivity contribution in [1.82, 2.24) is 10.2 Å². The maximum atomic E-state index is 11.2. The Morgan fingerprint density at radius 2 is 1.81 bits per heavy atom. The minimum Gasteiger partial charge on any atom is -0.224 e.